The highest BCUT2D eigenvalue weighted by molar-refractivity contribution is 6.42. The number of fused-ring (bicyclic) bond motifs is 1. The van der Waals surface area contributed by atoms with Crippen molar-refractivity contribution < 1.29 is 23.4 Å². The van der Waals surface area contributed by atoms with Crippen LogP contribution < -0.4 is 19.5 Å². The lowest BCUT2D eigenvalue weighted by atomic mass is 10.2. The number of benzene rings is 2. The number of rotatable bonds is 6. The molecule has 0 saturated heterocycles. The first-order valence-corrected chi connectivity index (χ1v) is 9.18. The molecule has 1 aromatic heterocycles. The van der Waals surface area contributed by atoms with Crippen LogP contribution in [-0.2, 0) is 13.2 Å². The number of carbonyl (C=O) groups is 1. The number of hydrogen-bond acceptors (Lipinski definition) is 5. The Bertz CT molecular complexity index is 1020. The molecule has 0 radical (unpaired) electrons. The summed E-state index contributed by atoms with van der Waals surface area (Å²) in [7, 11) is 0. The topological polar surface area (TPSA) is 69.9 Å². The summed E-state index contributed by atoms with van der Waals surface area (Å²) in [4.78, 5) is 12.3. The highest BCUT2D eigenvalue weighted by atomic mass is 35.5. The monoisotopic (exact) mass is 419 g/mol. The Morgan fingerprint density at radius 3 is 2.82 bits per heavy atom. The number of furan rings is 1. The zero-order valence-electron chi connectivity index (χ0n) is 14.5. The number of hydrogen-bond donors (Lipinski definition) is 1. The first-order chi connectivity index (χ1) is 13.6. The molecule has 1 aliphatic heterocycles. The molecule has 0 spiro atoms. The van der Waals surface area contributed by atoms with E-state index in [0.29, 0.717) is 39.6 Å². The molecule has 8 heteroatoms. The highest BCUT2D eigenvalue weighted by Crippen LogP contribution is 2.33. The lowest BCUT2D eigenvalue weighted by molar-refractivity contribution is 0.0919. The van der Waals surface area contributed by atoms with Crippen molar-refractivity contribution in [3.63, 3.8) is 0 Å². The molecule has 2 heterocycles. The van der Waals surface area contributed by atoms with Gasteiger partial charge >= 0.3 is 0 Å². The third kappa shape index (κ3) is 4.03. The first kappa shape index (κ1) is 18.5. The Hall–Kier alpha value is -2.83. The second kappa shape index (κ2) is 8.04. The zero-order chi connectivity index (χ0) is 19.5. The van der Waals surface area contributed by atoms with Crippen LogP contribution in [0.1, 0.15) is 21.9 Å². The van der Waals surface area contributed by atoms with Gasteiger partial charge in [-0.05, 0) is 42.0 Å². The molecule has 0 saturated carbocycles. The second-order valence-corrected chi connectivity index (χ2v) is 6.76. The van der Waals surface area contributed by atoms with Gasteiger partial charge in [0.05, 0.1) is 5.02 Å². The summed E-state index contributed by atoms with van der Waals surface area (Å²) in [5.74, 6) is 2.17. The van der Waals surface area contributed by atoms with E-state index in [1.807, 2.05) is 18.2 Å². The zero-order valence-corrected chi connectivity index (χ0v) is 16.0. The van der Waals surface area contributed by atoms with Crippen LogP contribution in [0.2, 0.25) is 10.0 Å². The molecule has 0 bridgehead atoms. The molecule has 0 fully saturated rings. The minimum atomic E-state index is -0.329. The SMILES string of the molecule is O=C(NCc1ccc2c(c1)OCO2)c1ccc(COc2cccc(Cl)c2Cl)o1. The van der Waals surface area contributed by atoms with E-state index in [9.17, 15) is 4.79 Å². The first-order valence-electron chi connectivity index (χ1n) is 8.42. The lowest BCUT2D eigenvalue weighted by Gasteiger charge is -2.07. The summed E-state index contributed by atoms with van der Waals surface area (Å²) in [5.41, 5.74) is 0.892. The van der Waals surface area contributed by atoms with E-state index in [1.165, 1.54) is 0 Å². The highest BCUT2D eigenvalue weighted by Gasteiger charge is 2.15. The second-order valence-electron chi connectivity index (χ2n) is 5.98. The Balaban J connectivity index is 1.33. The van der Waals surface area contributed by atoms with Crippen LogP contribution in [0.5, 0.6) is 17.2 Å². The lowest BCUT2D eigenvalue weighted by Crippen LogP contribution is -2.22. The van der Waals surface area contributed by atoms with Crippen LogP contribution >= 0.6 is 23.2 Å². The van der Waals surface area contributed by atoms with Crippen LogP contribution in [0.3, 0.4) is 0 Å². The van der Waals surface area contributed by atoms with E-state index in [4.69, 9.17) is 41.8 Å². The summed E-state index contributed by atoms with van der Waals surface area (Å²) in [6.07, 6.45) is 0. The molecule has 1 aliphatic rings. The summed E-state index contributed by atoms with van der Waals surface area (Å²) in [5, 5.41) is 3.54. The molecule has 0 unspecified atom stereocenters. The van der Waals surface area contributed by atoms with Crippen molar-refractivity contribution in [2.24, 2.45) is 0 Å². The molecule has 0 aliphatic carbocycles. The largest absolute Gasteiger partial charge is 0.484 e. The molecule has 2 aromatic carbocycles. The van der Waals surface area contributed by atoms with E-state index in [-0.39, 0.29) is 25.1 Å². The van der Waals surface area contributed by atoms with E-state index < -0.39 is 0 Å². The van der Waals surface area contributed by atoms with Gasteiger partial charge in [-0.2, -0.15) is 0 Å². The summed E-state index contributed by atoms with van der Waals surface area (Å²) >= 11 is 12.0. The fourth-order valence-corrected chi connectivity index (χ4v) is 2.99. The van der Waals surface area contributed by atoms with Crippen molar-refractivity contribution >= 4 is 29.1 Å². The van der Waals surface area contributed by atoms with Crippen LogP contribution in [0, 0.1) is 0 Å². The van der Waals surface area contributed by atoms with Crippen LogP contribution in [0.4, 0.5) is 0 Å². The van der Waals surface area contributed by atoms with Gasteiger partial charge in [-0.15, -0.1) is 0 Å². The smallest absolute Gasteiger partial charge is 0.287 e. The van der Waals surface area contributed by atoms with Gasteiger partial charge in [0.1, 0.15) is 23.1 Å². The Morgan fingerprint density at radius 1 is 1.07 bits per heavy atom. The quantitative estimate of drug-likeness (QED) is 0.619. The van der Waals surface area contributed by atoms with Gasteiger partial charge in [0, 0.05) is 6.54 Å². The molecule has 3 aromatic rings. The van der Waals surface area contributed by atoms with E-state index >= 15 is 0 Å². The molecule has 1 amide bonds. The number of carbonyl (C=O) groups excluding carboxylic acids is 1. The Kier molecular flexibility index (Phi) is 5.32. The number of amides is 1. The van der Waals surface area contributed by atoms with Gasteiger partial charge in [-0.25, -0.2) is 0 Å². The fourth-order valence-electron chi connectivity index (χ4n) is 2.64. The maximum absolute atomic E-state index is 12.3. The van der Waals surface area contributed by atoms with Crippen molar-refractivity contribution in [2.75, 3.05) is 6.79 Å². The van der Waals surface area contributed by atoms with Crippen LogP contribution in [0.15, 0.2) is 52.9 Å². The molecular formula is C20H15Cl2NO5. The van der Waals surface area contributed by atoms with E-state index in [2.05, 4.69) is 5.32 Å². The molecule has 1 N–H and O–H groups in total. The molecule has 144 valence electrons. The van der Waals surface area contributed by atoms with Crippen LogP contribution in [0.25, 0.3) is 0 Å². The molecule has 4 rings (SSSR count). The minimum Gasteiger partial charge on any atom is -0.484 e. The third-order valence-electron chi connectivity index (χ3n) is 4.06. The van der Waals surface area contributed by atoms with E-state index in [1.54, 1.807) is 30.3 Å². The number of ether oxygens (including phenoxy) is 3. The van der Waals surface area contributed by atoms with Gasteiger partial charge < -0.3 is 23.9 Å². The van der Waals surface area contributed by atoms with Gasteiger partial charge in [0.25, 0.3) is 5.91 Å². The Labute approximate surface area is 170 Å². The summed E-state index contributed by atoms with van der Waals surface area (Å²) in [6, 6.07) is 13.9. The van der Waals surface area contributed by atoms with Crippen molar-refractivity contribution in [1.82, 2.24) is 5.32 Å². The maximum Gasteiger partial charge on any atom is 0.287 e. The molecule has 6 nitrogen and oxygen atoms in total. The average molecular weight is 420 g/mol. The van der Waals surface area contributed by atoms with Crippen molar-refractivity contribution in [3.8, 4) is 17.2 Å². The third-order valence-corrected chi connectivity index (χ3v) is 4.86. The maximum atomic E-state index is 12.3. The van der Waals surface area contributed by atoms with Gasteiger partial charge in [-0.3, -0.25) is 4.79 Å². The minimum absolute atomic E-state index is 0.121. The van der Waals surface area contributed by atoms with E-state index in [0.717, 1.165) is 5.56 Å². The normalized spacial score (nSPS) is 12.1. The molecular weight excluding hydrogens is 405 g/mol. The van der Waals surface area contributed by atoms with Crippen LogP contribution in [-0.4, -0.2) is 12.7 Å². The molecule has 28 heavy (non-hydrogen) atoms. The molecule has 0 atom stereocenters. The van der Waals surface area contributed by atoms with Gasteiger partial charge in [-0.1, -0.05) is 35.3 Å². The number of halogens is 2. The van der Waals surface area contributed by atoms with Gasteiger partial charge in [0.2, 0.25) is 6.79 Å². The van der Waals surface area contributed by atoms with Gasteiger partial charge in [0.15, 0.2) is 17.3 Å². The predicted octanol–water partition coefficient (Wildman–Crippen LogP) is 4.82. The fraction of sp³-hybridized carbons (Fsp3) is 0.150. The number of nitrogens with one attached hydrogen (secondary N) is 1. The standard InChI is InChI=1S/C20H15Cl2NO5/c21-14-2-1-3-16(19(14)22)25-10-13-5-7-17(28-13)20(24)23-9-12-4-6-15-18(8-12)27-11-26-15/h1-8H,9-11H2,(H,23,24). The van der Waals surface area contributed by atoms with Crippen molar-refractivity contribution in [3.05, 3.63) is 75.7 Å². The average Bonchev–Trinajstić information content (AvgIpc) is 3.36. The summed E-state index contributed by atoms with van der Waals surface area (Å²) < 4.78 is 21.7. The van der Waals surface area contributed by atoms with Crippen molar-refractivity contribution in [1.29, 1.82) is 0 Å². The van der Waals surface area contributed by atoms with Crippen molar-refractivity contribution in [2.45, 2.75) is 13.2 Å². The summed E-state index contributed by atoms with van der Waals surface area (Å²) in [6.45, 7) is 0.665. The Morgan fingerprint density at radius 2 is 1.93 bits per heavy atom. The predicted molar refractivity (Wildman–Crippen MR) is 103 cm³/mol.